The molecule has 0 aliphatic rings. The van der Waals surface area contributed by atoms with Crippen molar-refractivity contribution in [2.45, 2.75) is 32.9 Å². The van der Waals surface area contributed by atoms with E-state index >= 15 is 0 Å². The maximum Gasteiger partial charge on any atom is 0.127 e. The van der Waals surface area contributed by atoms with Gasteiger partial charge in [0.15, 0.2) is 0 Å². The van der Waals surface area contributed by atoms with Gasteiger partial charge in [0.25, 0.3) is 0 Å². The monoisotopic (exact) mass is 238 g/mol. The van der Waals surface area contributed by atoms with Gasteiger partial charge in [-0.1, -0.05) is 25.1 Å². The van der Waals surface area contributed by atoms with E-state index in [0.717, 1.165) is 25.1 Å². The Labute approximate surface area is 104 Å². The van der Waals surface area contributed by atoms with Crippen LogP contribution in [0.5, 0.6) is 0 Å². The Morgan fingerprint density at radius 1 is 1.35 bits per heavy atom. The van der Waals surface area contributed by atoms with Gasteiger partial charge in [0.1, 0.15) is 5.82 Å². The maximum absolute atomic E-state index is 13.5. The number of halogens is 1. The van der Waals surface area contributed by atoms with Crippen molar-refractivity contribution in [1.29, 1.82) is 0 Å². The largest absolute Gasteiger partial charge is 0.315 e. The van der Waals surface area contributed by atoms with Crippen LogP contribution in [0.1, 0.15) is 25.8 Å². The van der Waals surface area contributed by atoms with Gasteiger partial charge in [0.2, 0.25) is 0 Å². The third kappa shape index (κ3) is 4.84. The molecule has 0 heterocycles. The van der Waals surface area contributed by atoms with E-state index in [4.69, 9.17) is 0 Å². The third-order valence-corrected chi connectivity index (χ3v) is 3.00. The standard InChI is InChI=1S/C14H23FN2/c1-4-9-16-10-12(2)17(3)11-13-7-5-6-8-14(13)15/h5-8,12,16H,4,9-11H2,1-3H3. The van der Waals surface area contributed by atoms with E-state index in [1.54, 1.807) is 6.07 Å². The van der Waals surface area contributed by atoms with Crippen LogP contribution in [0.4, 0.5) is 4.39 Å². The molecule has 96 valence electrons. The Morgan fingerprint density at radius 3 is 2.71 bits per heavy atom. The third-order valence-electron chi connectivity index (χ3n) is 3.00. The fourth-order valence-corrected chi connectivity index (χ4v) is 1.69. The molecule has 0 spiro atoms. The Balaban J connectivity index is 2.43. The van der Waals surface area contributed by atoms with Crippen molar-refractivity contribution >= 4 is 0 Å². The van der Waals surface area contributed by atoms with E-state index in [1.165, 1.54) is 6.07 Å². The number of rotatable bonds is 7. The summed E-state index contributed by atoms with van der Waals surface area (Å²) in [5.74, 6) is -0.118. The van der Waals surface area contributed by atoms with Gasteiger partial charge in [-0.3, -0.25) is 4.90 Å². The second-order valence-corrected chi connectivity index (χ2v) is 4.56. The van der Waals surface area contributed by atoms with Crippen molar-refractivity contribution in [3.05, 3.63) is 35.6 Å². The minimum atomic E-state index is -0.118. The van der Waals surface area contributed by atoms with Gasteiger partial charge in [-0.15, -0.1) is 0 Å². The highest BCUT2D eigenvalue weighted by atomic mass is 19.1. The molecule has 1 aromatic rings. The predicted octanol–water partition coefficient (Wildman–Crippen LogP) is 2.65. The molecular weight excluding hydrogens is 215 g/mol. The van der Waals surface area contributed by atoms with E-state index in [2.05, 4.69) is 24.1 Å². The number of hydrogen-bond donors (Lipinski definition) is 1. The summed E-state index contributed by atoms with van der Waals surface area (Å²) in [6, 6.07) is 7.37. The van der Waals surface area contributed by atoms with Crippen molar-refractivity contribution in [2.24, 2.45) is 0 Å². The van der Waals surface area contributed by atoms with Gasteiger partial charge in [0, 0.05) is 24.7 Å². The molecule has 1 unspecified atom stereocenters. The average molecular weight is 238 g/mol. The Hall–Kier alpha value is -0.930. The number of nitrogens with one attached hydrogen (secondary N) is 1. The predicted molar refractivity (Wildman–Crippen MR) is 70.5 cm³/mol. The van der Waals surface area contributed by atoms with Gasteiger partial charge in [-0.05, 0) is 33.0 Å². The Morgan fingerprint density at radius 2 is 2.06 bits per heavy atom. The van der Waals surface area contributed by atoms with E-state index in [1.807, 2.05) is 19.2 Å². The Bertz CT molecular complexity index is 328. The summed E-state index contributed by atoms with van der Waals surface area (Å²) in [4.78, 5) is 2.17. The first-order valence-corrected chi connectivity index (χ1v) is 6.29. The molecule has 0 saturated heterocycles. The van der Waals surface area contributed by atoms with Crippen molar-refractivity contribution in [1.82, 2.24) is 10.2 Å². The summed E-state index contributed by atoms with van der Waals surface area (Å²) in [7, 11) is 2.03. The van der Waals surface area contributed by atoms with Crippen LogP contribution in [0.25, 0.3) is 0 Å². The highest BCUT2D eigenvalue weighted by Crippen LogP contribution is 2.10. The second-order valence-electron chi connectivity index (χ2n) is 4.56. The molecule has 1 atom stereocenters. The van der Waals surface area contributed by atoms with Crippen LogP contribution in [0, 0.1) is 5.82 Å². The Kier molecular flexibility index (Phi) is 6.16. The number of hydrogen-bond acceptors (Lipinski definition) is 2. The normalized spacial score (nSPS) is 13.0. The minimum Gasteiger partial charge on any atom is -0.315 e. The molecule has 2 nitrogen and oxygen atoms in total. The van der Waals surface area contributed by atoms with Crippen molar-refractivity contribution in [3.63, 3.8) is 0 Å². The quantitative estimate of drug-likeness (QED) is 0.735. The highest BCUT2D eigenvalue weighted by molar-refractivity contribution is 5.17. The molecule has 1 aromatic carbocycles. The highest BCUT2D eigenvalue weighted by Gasteiger charge is 2.10. The lowest BCUT2D eigenvalue weighted by Crippen LogP contribution is -2.37. The molecule has 1 N–H and O–H groups in total. The summed E-state index contributed by atoms with van der Waals surface area (Å²) >= 11 is 0. The molecule has 17 heavy (non-hydrogen) atoms. The van der Waals surface area contributed by atoms with Crippen LogP contribution in [0.15, 0.2) is 24.3 Å². The average Bonchev–Trinajstić information content (AvgIpc) is 2.32. The molecule has 0 radical (unpaired) electrons. The molecule has 0 amide bonds. The van der Waals surface area contributed by atoms with Gasteiger partial charge >= 0.3 is 0 Å². The van der Waals surface area contributed by atoms with Crippen molar-refractivity contribution in [3.8, 4) is 0 Å². The summed E-state index contributed by atoms with van der Waals surface area (Å²) in [5, 5.41) is 3.38. The first-order valence-electron chi connectivity index (χ1n) is 6.29. The lowest BCUT2D eigenvalue weighted by molar-refractivity contribution is 0.240. The fraction of sp³-hybridized carbons (Fsp3) is 0.571. The van der Waals surface area contributed by atoms with E-state index in [-0.39, 0.29) is 5.82 Å². The van der Waals surface area contributed by atoms with Gasteiger partial charge < -0.3 is 5.32 Å². The smallest absolute Gasteiger partial charge is 0.127 e. The van der Waals surface area contributed by atoms with Gasteiger partial charge in [-0.2, -0.15) is 0 Å². The molecule has 0 saturated carbocycles. The summed E-state index contributed by atoms with van der Waals surface area (Å²) < 4.78 is 13.5. The number of benzene rings is 1. The van der Waals surface area contributed by atoms with Crippen LogP contribution >= 0.6 is 0 Å². The molecule has 3 heteroatoms. The van der Waals surface area contributed by atoms with E-state index in [9.17, 15) is 4.39 Å². The zero-order valence-electron chi connectivity index (χ0n) is 11.0. The SMILES string of the molecule is CCCNCC(C)N(C)Cc1ccccc1F. The topological polar surface area (TPSA) is 15.3 Å². The zero-order valence-corrected chi connectivity index (χ0v) is 11.0. The zero-order chi connectivity index (χ0) is 12.7. The van der Waals surface area contributed by atoms with Crippen molar-refractivity contribution in [2.75, 3.05) is 20.1 Å². The van der Waals surface area contributed by atoms with Crippen LogP contribution in [-0.2, 0) is 6.54 Å². The van der Waals surface area contributed by atoms with Crippen LogP contribution in [0.2, 0.25) is 0 Å². The molecular formula is C14H23FN2. The maximum atomic E-state index is 13.5. The number of likely N-dealkylation sites (N-methyl/N-ethyl adjacent to an activating group) is 1. The van der Waals surface area contributed by atoms with Gasteiger partial charge in [-0.25, -0.2) is 4.39 Å². The van der Waals surface area contributed by atoms with Crippen LogP contribution in [-0.4, -0.2) is 31.1 Å². The lowest BCUT2D eigenvalue weighted by Gasteiger charge is -2.25. The molecule has 0 aliphatic carbocycles. The summed E-state index contributed by atoms with van der Waals surface area (Å²) in [6.45, 7) is 6.95. The lowest BCUT2D eigenvalue weighted by atomic mass is 10.2. The number of nitrogens with zero attached hydrogens (tertiary/aromatic N) is 1. The van der Waals surface area contributed by atoms with Gasteiger partial charge in [0.05, 0.1) is 0 Å². The van der Waals surface area contributed by atoms with E-state index in [0.29, 0.717) is 12.6 Å². The first kappa shape index (κ1) is 14.1. The molecule has 0 bridgehead atoms. The minimum absolute atomic E-state index is 0.118. The summed E-state index contributed by atoms with van der Waals surface area (Å²) in [5.41, 5.74) is 0.761. The fourth-order valence-electron chi connectivity index (χ4n) is 1.69. The molecule has 0 aliphatic heterocycles. The first-order chi connectivity index (χ1) is 8.15. The van der Waals surface area contributed by atoms with Crippen LogP contribution in [0.3, 0.4) is 0 Å². The van der Waals surface area contributed by atoms with Crippen molar-refractivity contribution < 1.29 is 4.39 Å². The van der Waals surface area contributed by atoms with E-state index < -0.39 is 0 Å². The molecule has 0 fully saturated rings. The molecule has 0 aromatic heterocycles. The summed E-state index contributed by atoms with van der Waals surface area (Å²) in [6.07, 6.45) is 1.14. The second kappa shape index (κ2) is 7.41. The molecule has 1 rings (SSSR count). The van der Waals surface area contributed by atoms with Crippen LogP contribution < -0.4 is 5.32 Å².